The molecule has 0 atom stereocenters. The number of hydrogen-bond acceptors (Lipinski definition) is 4. The Bertz CT molecular complexity index is 790. The van der Waals surface area contributed by atoms with Gasteiger partial charge in [0, 0.05) is 11.6 Å². The Morgan fingerprint density at radius 1 is 1.26 bits per heavy atom. The van der Waals surface area contributed by atoms with Gasteiger partial charge < -0.3 is 4.74 Å². The SMILES string of the molecule is N#Cc1ccccc1COc1c(Br)cc(C=C[N+](=O)[O-])cc1Br. The third kappa shape index (κ3) is 4.65. The van der Waals surface area contributed by atoms with Gasteiger partial charge in [0.25, 0.3) is 0 Å². The molecule has 5 nitrogen and oxygen atoms in total. The monoisotopic (exact) mass is 436 g/mol. The van der Waals surface area contributed by atoms with Crippen molar-refractivity contribution in [1.29, 1.82) is 5.26 Å². The highest BCUT2D eigenvalue weighted by Crippen LogP contribution is 2.35. The predicted molar refractivity (Wildman–Crippen MR) is 93.4 cm³/mol. The van der Waals surface area contributed by atoms with Crippen molar-refractivity contribution in [2.24, 2.45) is 0 Å². The van der Waals surface area contributed by atoms with E-state index in [-0.39, 0.29) is 6.61 Å². The average Bonchev–Trinajstić information content (AvgIpc) is 2.52. The minimum Gasteiger partial charge on any atom is -0.486 e. The minimum absolute atomic E-state index is 0.241. The predicted octanol–water partition coefficient (Wildman–Crippen LogP) is 4.91. The fourth-order valence-corrected chi connectivity index (χ4v) is 3.32. The Kier molecular flexibility index (Phi) is 5.90. The highest BCUT2D eigenvalue weighted by molar-refractivity contribution is 9.11. The maximum Gasteiger partial charge on any atom is 0.235 e. The molecule has 0 spiro atoms. The smallest absolute Gasteiger partial charge is 0.235 e. The van der Waals surface area contributed by atoms with Crippen molar-refractivity contribution in [3.05, 3.63) is 78.3 Å². The van der Waals surface area contributed by atoms with Crippen LogP contribution in [0.4, 0.5) is 0 Å². The summed E-state index contributed by atoms with van der Waals surface area (Å²) in [5, 5.41) is 19.5. The first-order valence-electron chi connectivity index (χ1n) is 6.43. The number of rotatable bonds is 5. The summed E-state index contributed by atoms with van der Waals surface area (Å²) in [6.45, 7) is 0.241. The van der Waals surface area contributed by atoms with Gasteiger partial charge in [-0.05, 0) is 55.6 Å². The summed E-state index contributed by atoms with van der Waals surface area (Å²) in [5.74, 6) is 0.566. The summed E-state index contributed by atoms with van der Waals surface area (Å²) in [6, 6.07) is 12.8. The summed E-state index contributed by atoms with van der Waals surface area (Å²) in [7, 11) is 0. The number of benzene rings is 2. The van der Waals surface area contributed by atoms with E-state index in [4.69, 9.17) is 10.00 Å². The van der Waals surface area contributed by atoms with Crippen LogP contribution in [0.2, 0.25) is 0 Å². The zero-order valence-corrected chi connectivity index (χ0v) is 14.9. The lowest BCUT2D eigenvalue weighted by atomic mass is 10.1. The number of nitriles is 1. The van der Waals surface area contributed by atoms with Crippen molar-refractivity contribution < 1.29 is 9.66 Å². The van der Waals surface area contributed by atoms with E-state index in [9.17, 15) is 10.1 Å². The van der Waals surface area contributed by atoms with Gasteiger partial charge in [-0.15, -0.1) is 0 Å². The Morgan fingerprint density at radius 3 is 2.52 bits per heavy atom. The summed E-state index contributed by atoms with van der Waals surface area (Å²) in [4.78, 5) is 9.85. The highest BCUT2D eigenvalue weighted by atomic mass is 79.9. The molecule has 0 amide bonds. The van der Waals surface area contributed by atoms with Crippen LogP contribution >= 0.6 is 31.9 Å². The van der Waals surface area contributed by atoms with Gasteiger partial charge in [-0.2, -0.15) is 5.26 Å². The van der Waals surface area contributed by atoms with Crippen LogP contribution < -0.4 is 4.74 Å². The molecular formula is C16H10Br2N2O3. The highest BCUT2D eigenvalue weighted by Gasteiger charge is 2.10. The first-order chi connectivity index (χ1) is 11.0. The molecule has 0 bridgehead atoms. The van der Waals surface area contributed by atoms with Gasteiger partial charge in [0.2, 0.25) is 6.20 Å². The summed E-state index contributed by atoms with van der Waals surface area (Å²) in [5.41, 5.74) is 2.00. The fraction of sp³-hybridized carbons (Fsp3) is 0.0625. The van der Waals surface area contributed by atoms with E-state index in [0.717, 1.165) is 11.8 Å². The molecule has 0 N–H and O–H groups in total. The van der Waals surface area contributed by atoms with E-state index in [0.29, 0.717) is 25.8 Å². The topological polar surface area (TPSA) is 76.2 Å². The van der Waals surface area contributed by atoms with Crippen LogP contribution in [0.3, 0.4) is 0 Å². The molecule has 0 fully saturated rings. The molecular weight excluding hydrogens is 428 g/mol. The molecule has 2 aromatic carbocycles. The van der Waals surface area contributed by atoms with Crippen LogP contribution in [0, 0.1) is 21.4 Å². The van der Waals surface area contributed by atoms with Gasteiger partial charge in [0.15, 0.2) is 0 Å². The molecule has 7 heteroatoms. The molecule has 116 valence electrons. The second-order valence-corrected chi connectivity index (χ2v) is 6.18. The molecule has 0 radical (unpaired) electrons. The van der Waals surface area contributed by atoms with Crippen LogP contribution in [-0.2, 0) is 6.61 Å². The Labute approximate surface area is 149 Å². The van der Waals surface area contributed by atoms with Crippen LogP contribution in [0.15, 0.2) is 51.5 Å². The Hall–Kier alpha value is -2.17. The first kappa shape index (κ1) is 17.2. The molecule has 0 heterocycles. The van der Waals surface area contributed by atoms with Gasteiger partial charge in [-0.3, -0.25) is 10.1 Å². The second kappa shape index (κ2) is 7.90. The van der Waals surface area contributed by atoms with Crippen molar-refractivity contribution in [2.75, 3.05) is 0 Å². The zero-order valence-electron chi connectivity index (χ0n) is 11.7. The maximum atomic E-state index is 10.4. The molecule has 0 aliphatic heterocycles. The average molecular weight is 438 g/mol. The van der Waals surface area contributed by atoms with Gasteiger partial charge in [-0.1, -0.05) is 18.2 Å². The van der Waals surface area contributed by atoms with Crippen molar-refractivity contribution in [1.82, 2.24) is 0 Å². The molecule has 0 aliphatic carbocycles. The van der Waals surface area contributed by atoms with Crippen LogP contribution in [0.1, 0.15) is 16.7 Å². The zero-order chi connectivity index (χ0) is 16.8. The van der Waals surface area contributed by atoms with Crippen molar-refractivity contribution in [3.63, 3.8) is 0 Å². The van der Waals surface area contributed by atoms with E-state index in [1.165, 1.54) is 6.08 Å². The molecule has 0 saturated carbocycles. The molecule has 0 unspecified atom stereocenters. The van der Waals surface area contributed by atoms with Crippen molar-refractivity contribution >= 4 is 37.9 Å². The van der Waals surface area contributed by atoms with Gasteiger partial charge in [0.05, 0.1) is 25.5 Å². The quantitative estimate of drug-likeness (QED) is 0.491. The number of nitrogens with zero attached hydrogens (tertiary/aromatic N) is 2. The van der Waals surface area contributed by atoms with Crippen molar-refractivity contribution in [3.8, 4) is 11.8 Å². The van der Waals surface area contributed by atoms with Crippen LogP contribution in [0.25, 0.3) is 6.08 Å². The normalized spacial score (nSPS) is 10.5. The minimum atomic E-state index is -0.523. The number of halogens is 2. The van der Waals surface area contributed by atoms with E-state index >= 15 is 0 Å². The molecule has 0 saturated heterocycles. The van der Waals surface area contributed by atoms with Crippen molar-refractivity contribution in [2.45, 2.75) is 6.61 Å². The molecule has 2 aromatic rings. The summed E-state index contributed by atoms with van der Waals surface area (Å²) >= 11 is 6.78. The third-order valence-corrected chi connectivity index (χ3v) is 4.10. The maximum absolute atomic E-state index is 10.4. The standard InChI is InChI=1S/C16H10Br2N2O3/c17-14-7-11(5-6-20(21)22)8-15(18)16(14)23-10-13-4-2-1-3-12(13)9-19/h1-8H,10H2. The lowest BCUT2D eigenvalue weighted by Gasteiger charge is -2.12. The van der Waals surface area contributed by atoms with Gasteiger partial charge in [0.1, 0.15) is 12.4 Å². The van der Waals surface area contributed by atoms with Gasteiger partial charge >= 0.3 is 0 Å². The van der Waals surface area contributed by atoms with E-state index in [1.54, 1.807) is 24.3 Å². The molecule has 0 aromatic heterocycles. The lowest BCUT2D eigenvalue weighted by Crippen LogP contribution is -1.99. The number of nitro groups is 1. The molecule has 23 heavy (non-hydrogen) atoms. The first-order valence-corrected chi connectivity index (χ1v) is 8.01. The van der Waals surface area contributed by atoms with Gasteiger partial charge in [-0.25, -0.2) is 0 Å². The third-order valence-electron chi connectivity index (χ3n) is 2.92. The van der Waals surface area contributed by atoms with E-state index in [1.807, 2.05) is 12.1 Å². The second-order valence-electron chi connectivity index (χ2n) is 4.47. The van der Waals surface area contributed by atoms with Crippen LogP contribution in [-0.4, -0.2) is 4.92 Å². The fourth-order valence-electron chi connectivity index (χ4n) is 1.87. The van der Waals surface area contributed by atoms with E-state index < -0.39 is 4.92 Å². The van der Waals surface area contributed by atoms with E-state index in [2.05, 4.69) is 37.9 Å². The summed E-state index contributed by atoms with van der Waals surface area (Å²) < 4.78 is 7.09. The molecule has 0 aliphatic rings. The lowest BCUT2D eigenvalue weighted by molar-refractivity contribution is -0.400. The Balaban J connectivity index is 2.21. The molecule has 2 rings (SSSR count). The number of hydrogen-bond donors (Lipinski definition) is 0. The van der Waals surface area contributed by atoms with Crippen LogP contribution in [0.5, 0.6) is 5.75 Å². The Morgan fingerprint density at radius 2 is 1.91 bits per heavy atom. The largest absolute Gasteiger partial charge is 0.486 e. The number of ether oxygens (including phenoxy) is 1. The summed E-state index contributed by atoms with van der Waals surface area (Å²) in [6.07, 6.45) is 2.27.